The third-order valence-electron chi connectivity index (χ3n) is 3.93. The number of nitrogens with zero attached hydrogens (tertiary/aromatic N) is 2. The number of nitrogens with one attached hydrogen (secondary N) is 1. The molecule has 2 aromatic rings. The van der Waals surface area contributed by atoms with Gasteiger partial charge in [-0.05, 0) is 37.5 Å². The van der Waals surface area contributed by atoms with Crippen LogP contribution in [0.15, 0.2) is 30.5 Å². The topological polar surface area (TPSA) is 29.9 Å². The molecule has 3 nitrogen and oxygen atoms in total. The van der Waals surface area contributed by atoms with Gasteiger partial charge in [0.05, 0.1) is 5.69 Å². The van der Waals surface area contributed by atoms with E-state index in [0.29, 0.717) is 12.6 Å². The number of anilines is 1. The lowest BCUT2D eigenvalue weighted by atomic mass is 10.2. The van der Waals surface area contributed by atoms with Crippen LogP contribution < -0.4 is 5.32 Å². The molecule has 4 heteroatoms. The van der Waals surface area contributed by atoms with E-state index in [1.54, 1.807) is 12.1 Å². The van der Waals surface area contributed by atoms with E-state index in [1.165, 1.54) is 37.8 Å². The van der Waals surface area contributed by atoms with Crippen LogP contribution in [0.2, 0.25) is 0 Å². The summed E-state index contributed by atoms with van der Waals surface area (Å²) in [5.41, 5.74) is 2.10. The van der Waals surface area contributed by atoms with Crippen LogP contribution in [0.5, 0.6) is 0 Å². The molecule has 0 radical (unpaired) electrons. The maximum absolute atomic E-state index is 12.9. The number of hydrogen-bond acceptors (Lipinski definition) is 2. The van der Waals surface area contributed by atoms with E-state index in [1.807, 2.05) is 6.92 Å². The highest BCUT2D eigenvalue weighted by Gasteiger charge is 2.19. The zero-order chi connectivity index (χ0) is 13.9. The standard InChI is InChI=1S/C16H20FN3/c1-12-11-20(15-4-2-3-5-15)16(19-12)18-10-13-6-8-14(17)9-7-13/h6-9,11,15H,2-5,10H2,1H3,(H,18,19). The molecule has 0 atom stereocenters. The molecule has 1 N–H and O–H groups in total. The van der Waals surface area contributed by atoms with Crippen molar-refractivity contribution in [3.05, 3.63) is 47.5 Å². The second-order valence-corrected chi connectivity index (χ2v) is 5.53. The molecule has 1 aliphatic carbocycles. The molecule has 1 aromatic carbocycles. The van der Waals surface area contributed by atoms with Gasteiger partial charge in [-0.15, -0.1) is 0 Å². The van der Waals surface area contributed by atoms with E-state index < -0.39 is 0 Å². The Hall–Kier alpha value is -1.84. The van der Waals surface area contributed by atoms with Crippen LogP contribution in [0.4, 0.5) is 10.3 Å². The van der Waals surface area contributed by atoms with Gasteiger partial charge >= 0.3 is 0 Å². The molecule has 3 rings (SSSR count). The number of hydrogen-bond donors (Lipinski definition) is 1. The predicted molar refractivity (Wildman–Crippen MR) is 78.2 cm³/mol. The Balaban J connectivity index is 1.72. The van der Waals surface area contributed by atoms with Crippen LogP contribution in [0.25, 0.3) is 0 Å². The molecule has 1 aromatic heterocycles. The predicted octanol–water partition coefficient (Wildman–Crippen LogP) is 4.06. The lowest BCUT2D eigenvalue weighted by Gasteiger charge is -2.15. The molecule has 1 heterocycles. The highest BCUT2D eigenvalue weighted by molar-refractivity contribution is 5.32. The molecule has 0 saturated heterocycles. The summed E-state index contributed by atoms with van der Waals surface area (Å²) < 4.78 is 15.2. The highest BCUT2D eigenvalue weighted by Crippen LogP contribution is 2.32. The largest absolute Gasteiger partial charge is 0.352 e. The van der Waals surface area contributed by atoms with Crippen molar-refractivity contribution in [2.75, 3.05) is 5.32 Å². The number of imidazole rings is 1. The van der Waals surface area contributed by atoms with Crippen LogP contribution in [0.3, 0.4) is 0 Å². The third kappa shape index (κ3) is 2.84. The summed E-state index contributed by atoms with van der Waals surface area (Å²) in [6.45, 7) is 2.69. The average molecular weight is 273 g/mol. The van der Waals surface area contributed by atoms with E-state index in [9.17, 15) is 4.39 Å². The van der Waals surface area contributed by atoms with Crippen molar-refractivity contribution in [3.63, 3.8) is 0 Å². The lowest BCUT2D eigenvalue weighted by molar-refractivity contribution is 0.522. The Labute approximate surface area is 118 Å². The van der Waals surface area contributed by atoms with E-state index in [-0.39, 0.29) is 5.82 Å². The summed E-state index contributed by atoms with van der Waals surface area (Å²) in [5.74, 6) is 0.732. The van der Waals surface area contributed by atoms with Crippen LogP contribution in [0, 0.1) is 12.7 Å². The van der Waals surface area contributed by atoms with Crippen molar-refractivity contribution in [3.8, 4) is 0 Å². The van der Waals surface area contributed by atoms with Crippen molar-refractivity contribution in [2.45, 2.75) is 45.2 Å². The van der Waals surface area contributed by atoms with Crippen LogP contribution in [-0.2, 0) is 6.54 Å². The Bertz CT molecular complexity index is 568. The summed E-state index contributed by atoms with van der Waals surface area (Å²) in [4.78, 5) is 4.57. The summed E-state index contributed by atoms with van der Waals surface area (Å²) >= 11 is 0. The first-order valence-electron chi connectivity index (χ1n) is 7.26. The molecular formula is C16H20FN3. The van der Waals surface area contributed by atoms with Crippen molar-refractivity contribution in [1.82, 2.24) is 9.55 Å². The quantitative estimate of drug-likeness (QED) is 0.910. The fraction of sp³-hybridized carbons (Fsp3) is 0.438. The molecule has 1 aliphatic rings. The van der Waals surface area contributed by atoms with Crippen LogP contribution in [0.1, 0.15) is 43.0 Å². The van der Waals surface area contributed by atoms with Gasteiger partial charge in [-0.1, -0.05) is 25.0 Å². The fourth-order valence-corrected chi connectivity index (χ4v) is 2.89. The Morgan fingerprint density at radius 3 is 2.65 bits per heavy atom. The minimum absolute atomic E-state index is 0.197. The number of aryl methyl sites for hydroxylation is 1. The van der Waals surface area contributed by atoms with Crippen molar-refractivity contribution >= 4 is 5.95 Å². The maximum atomic E-state index is 12.9. The van der Waals surface area contributed by atoms with Crippen molar-refractivity contribution in [2.24, 2.45) is 0 Å². The van der Waals surface area contributed by atoms with Gasteiger partial charge in [0, 0.05) is 18.8 Å². The molecule has 0 bridgehead atoms. The number of halogens is 1. The number of benzene rings is 1. The smallest absolute Gasteiger partial charge is 0.203 e. The Kier molecular flexibility index (Phi) is 3.72. The van der Waals surface area contributed by atoms with Gasteiger partial charge < -0.3 is 9.88 Å². The SMILES string of the molecule is Cc1cn(C2CCCC2)c(NCc2ccc(F)cc2)n1. The summed E-state index contributed by atoms with van der Waals surface area (Å²) in [6, 6.07) is 7.17. The molecule has 20 heavy (non-hydrogen) atoms. The first-order chi connectivity index (χ1) is 9.72. The molecule has 0 unspecified atom stereocenters. The highest BCUT2D eigenvalue weighted by atomic mass is 19.1. The summed E-state index contributed by atoms with van der Waals surface area (Å²) in [5, 5.41) is 3.38. The second-order valence-electron chi connectivity index (χ2n) is 5.53. The molecular weight excluding hydrogens is 253 g/mol. The lowest BCUT2D eigenvalue weighted by Crippen LogP contribution is -2.10. The normalized spacial score (nSPS) is 15.7. The molecule has 106 valence electrons. The van der Waals surface area contributed by atoms with E-state index in [0.717, 1.165) is 17.2 Å². The van der Waals surface area contributed by atoms with Gasteiger partial charge in [-0.3, -0.25) is 0 Å². The van der Waals surface area contributed by atoms with Gasteiger partial charge in [0.25, 0.3) is 0 Å². The summed E-state index contributed by atoms with van der Waals surface area (Å²) in [7, 11) is 0. The Morgan fingerprint density at radius 2 is 1.95 bits per heavy atom. The average Bonchev–Trinajstić information content (AvgIpc) is 3.07. The zero-order valence-electron chi connectivity index (χ0n) is 11.8. The second kappa shape index (κ2) is 5.65. The molecule has 0 aliphatic heterocycles. The van der Waals surface area contributed by atoms with Crippen molar-refractivity contribution < 1.29 is 4.39 Å². The first-order valence-corrected chi connectivity index (χ1v) is 7.26. The molecule has 0 amide bonds. The minimum atomic E-state index is -0.197. The van der Waals surface area contributed by atoms with Gasteiger partial charge in [0.2, 0.25) is 5.95 Å². The van der Waals surface area contributed by atoms with Gasteiger partial charge in [-0.25, -0.2) is 9.37 Å². The fourth-order valence-electron chi connectivity index (χ4n) is 2.89. The van der Waals surface area contributed by atoms with E-state index >= 15 is 0 Å². The minimum Gasteiger partial charge on any atom is -0.352 e. The number of aromatic nitrogens is 2. The molecule has 1 fully saturated rings. The summed E-state index contributed by atoms with van der Waals surface area (Å²) in [6.07, 6.45) is 7.21. The molecule has 0 spiro atoms. The van der Waals surface area contributed by atoms with Gasteiger partial charge in [-0.2, -0.15) is 0 Å². The zero-order valence-corrected chi connectivity index (χ0v) is 11.8. The molecule has 1 saturated carbocycles. The maximum Gasteiger partial charge on any atom is 0.203 e. The van der Waals surface area contributed by atoms with Gasteiger partial charge in [0.1, 0.15) is 5.82 Å². The van der Waals surface area contributed by atoms with Crippen LogP contribution >= 0.6 is 0 Å². The number of rotatable bonds is 4. The first kappa shape index (κ1) is 13.2. The Morgan fingerprint density at radius 1 is 1.25 bits per heavy atom. The third-order valence-corrected chi connectivity index (χ3v) is 3.93. The van der Waals surface area contributed by atoms with E-state index in [2.05, 4.69) is 21.1 Å². The van der Waals surface area contributed by atoms with E-state index in [4.69, 9.17) is 0 Å². The van der Waals surface area contributed by atoms with Gasteiger partial charge in [0.15, 0.2) is 0 Å². The van der Waals surface area contributed by atoms with Crippen LogP contribution in [-0.4, -0.2) is 9.55 Å². The monoisotopic (exact) mass is 273 g/mol. The van der Waals surface area contributed by atoms with Crippen molar-refractivity contribution in [1.29, 1.82) is 0 Å².